The van der Waals surface area contributed by atoms with Crippen LogP contribution in [0.1, 0.15) is 48.6 Å². The third-order valence-corrected chi connectivity index (χ3v) is 5.68. The van der Waals surface area contributed by atoms with E-state index in [9.17, 15) is 4.39 Å². The van der Waals surface area contributed by atoms with E-state index in [0.717, 1.165) is 43.9 Å². The van der Waals surface area contributed by atoms with Crippen LogP contribution in [0, 0.1) is 5.82 Å². The average molecular weight is 354 g/mol. The van der Waals surface area contributed by atoms with Gasteiger partial charge in [0.25, 0.3) is 0 Å². The summed E-state index contributed by atoms with van der Waals surface area (Å²) in [6.07, 6.45) is 5.43. The van der Waals surface area contributed by atoms with Crippen molar-refractivity contribution >= 4 is 0 Å². The van der Waals surface area contributed by atoms with Gasteiger partial charge in [0.1, 0.15) is 5.82 Å². The van der Waals surface area contributed by atoms with E-state index in [0.29, 0.717) is 18.4 Å². The van der Waals surface area contributed by atoms with E-state index in [-0.39, 0.29) is 5.82 Å². The summed E-state index contributed by atoms with van der Waals surface area (Å²) < 4.78 is 18.9. The van der Waals surface area contributed by atoms with Gasteiger partial charge in [-0.25, -0.2) is 4.39 Å². The molecule has 1 unspecified atom stereocenters. The molecule has 2 aliphatic rings. The highest BCUT2D eigenvalue weighted by atomic mass is 19.1. The number of pyridine rings is 1. The Labute approximate surface area is 155 Å². The zero-order valence-electron chi connectivity index (χ0n) is 15.2. The first-order valence-corrected chi connectivity index (χ1v) is 9.80. The molecule has 4 rings (SSSR count). The number of hydrogen-bond donors (Lipinski definition) is 0. The molecule has 0 saturated carbocycles. The van der Waals surface area contributed by atoms with Crippen LogP contribution < -0.4 is 0 Å². The van der Waals surface area contributed by atoms with Crippen molar-refractivity contribution in [3.05, 3.63) is 65.2 Å². The molecule has 1 atom stereocenters. The predicted octanol–water partition coefficient (Wildman–Crippen LogP) is 4.17. The zero-order chi connectivity index (χ0) is 17.8. The number of ether oxygens (including phenoxy) is 1. The minimum Gasteiger partial charge on any atom is -0.381 e. The van der Waals surface area contributed by atoms with Crippen molar-refractivity contribution < 1.29 is 9.13 Å². The van der Waals surface area contributed by atoms with Gasteiger partial charge in [-0.3, -0.25) is 9.88 Å². The van der Waals surface area contributed by atoms with Crippen molar-refractivity contribution in [3.63, 3.8) is 0 Å². The number of benzene rings is 1. The Hall–Kier alpha value is -1.78. The second-order valence-corrected chi connectivity index (χ2v) is 7.54. The molecule has 3 nitrogen and oxygen atoms in total. The third kappa shape index (κ3) is 4.30. The van der Waals surface area contributed by atoms with Gasteiger partial charge in [0.15, 0.2) is 0 Å². The second-order valence-electron chi connectivity index (χ2n) is 7.54. The minimum absolute atomic E-state index is 0.182. The Bertz CT molecular complexity index is 730. The SMILES string of the molecule is Fc1cccc(Cc2cccc(C3CCCN(C4CCOCC4)C3)n2)c1. The van der Waals surface area contributed by atoms with Crippen LogP contribution in [-0.4, -0.2) is 42.2 Å². The van der Waals surface area contributed by atoms with Crippen LogP contribution in [0.4, 0.5) is 4.39 Å². The molecule has 2 saturated heterocycles. The van der Waals surface area contributed by atoms with E-state index in [4.69, 9.17) is 9.72 Å². The standard InChI is InChI=1S/C22H27FN2O/c23-19-6-1-4-17(14-19)15-20-7-2-8-22(24-20)18-5-3-11-25(16-18)21-9-12-26-13-10-21/h1-2,4,6-8,14,18,21H,3,5,9-13,15-16H2. The van der Waals surface area contributed by atoms with Crippen molar-refractivity contribution in [2.75, 3.05) is 26.3 Å². The van der Waals surface area contributed by atoms with E-state index >= 15 is 0 Å². The topological polar surface area (TPSA) is 25.4 Å². The zero-order valence-corrected chi connectivity index (χ0v) is 15.2. The van der Waals surface area contributed by atoms with Gasteiger partial charge in [0.2, 0.25) is 0 Å². The monoisotopic (exact) mass is 354 g/mol. The molecule has 4 heteroatoms. The van der Waals surface area contributed by atoms with Gasteiger partial charge in [-0.2, -0.15) is 0 Å². The fraction of sp³-hybridized carbons (Fsp3) is 0.500. The fourth-order valence-corrected chi connectivity index (χ4v) is 4.31. The van der Waals surface area contributed by atoms with Gasteiger partial charge in [-0.05, 0) is 62.1 Å². The number of likely N-dealkylation sites (tertiary alicyclic amines) is 1. The van der Waals surface area contributed by atoms with Crippen LogP contribution in [0.15, 0.2) is 42.5 Å². The van der Waals surface area contributed by atoms with Gasteiger partial charge >= 0.3 is 0 Å². The summed E-state index contributed by atoms with van der Waals surface area (Å²) in [5, 5.41) is 0. The Morgan fingerprint density at radius 1 is 1.08 bits per heavy atom. The highest BCUT2D eigenvalue weighted by Gasteiger charge is 2.28. The van der Waals surface area contributed by atoms with Crippen LogP contribution >= 0.6 is 0 Å². The Kier molecular flexibility index (Phi) is 5.61. The van der Waals surface area contributed by atoms with Crippen molar-refractivity contribution in [1.29, 1.82) is 0 Å². The second kappa shape index (κ2) is 8.28. The quantitative estimate of drug-likeness (QED) is 0.824. The summed E-state index contributed by atoms with van der Waals surface area (Å²) in [4.78, 5) is 7.58. The van der Waals surface area contributed by atoms with Crippen molar-refractivity contribution in [3.8, 4) is 0 Å². The summed E-state index contributed by atoms with van der Waals surface area (Å²) in [6.45, 7) is 4.09. The van der Waals surface area contributed by atoms with Crippen LogP contribution in [0.25, 0.3) is 0 Å². The molecule has 0 bridgehead atoms. The van der Waals surface area contributed by atoms with Crippen LogP contribution in [0.3, 0.4) is 0 Å². The lowest BCUT2D eigenvalue weighted by Gasteiger charge is -2.39. The predicted molar refractivity (Wildman–Crippen MR) is 101 cm³/mol. The van der Waals surface area contributed by atoms with E-state index in [1.54, 1.807) is 12.1 Å². The molecule has 1 aromatic carbocycles. The lowest BCUT2D eigenvalue weighted by Crippen LogP contribution is -2.44. The van der Waals surface area contributed by atoms with Crippen molar-refractivity contribution in [2.24, 2.45) is 0 Å². The Morgan fingerprint density at radius 3 is 2.77 bits per heavy atom. The van der Waals surface area contributed by atoms with Gasteiger partial charge in [0, 0.05) is 49.5 Å². The fourth-order valence-electron chi connectivity index (χ4n) is 4.31. The largest absolute Gasteiger partial charge is 0.381 e. The highest BCUT2D eigenvalue weighted by Crippen LogP contribution is 2.29. The molecule has 2 aliphatic heterocycles. The summed E-state index contributed by atoms with van der Waals surface area (Å²) in [5.41, 5.74) is 3.19. The molecular formula is C22H27FN2O. The molecule has 0 N–H and O–H groups in total. The molecule has 0 radical (unpaired) electrons. The van der Waals surface area contributed by atoms with E-state index in [1.165, 1.54) is 31.1 Å². The molecule has 3 heterocycles. The number of aromatic nitrogens is 1. The van der Waals surface area contributed by atoms with Crippen molar-refractivity contribution in [1.82, 2.24) is 9.88 Å². The van der Waals surface area contributed by atoms with Crippen LogP contribution in [-0.2, 0) is 11.2 Å². The highest BCUT2D eigenvalue weighted by molar-refractivity contribution is 5.24. The number of rotatable bonds is 4. The van der Waals surface area contributed by atoms with Gasteiger partial charge in [-0.1, -0.05) is 18.2 Å². The molecule has 138 valence electrons. The summed E-state index contributed by atoms with van der Waals surface area (Å²) in [6, 6.07) is 13.8. The molecule has 0 aliphatic carbocycles. The van der Waals surface area contributed by atoms with E-state index < -0.39 is 0 Å². The molecule has 1 aromatic heterocycles. The summed E-state index contributed by atoms with van der Waals surface area (Å²) in [7, 11) is 0. The number of hydrogen-bond acceptors (Lipinski definition) is 3. The molecular weight excluding hydrogens is 327 g/mol. The molecule has 26 heavy (non-hydrogen) atoms. The normalized spacial score (nSPS) is 22.4. The first-order valence-electron chi connectivity index (χ1n) is 9.80. The van der Waals surface area contributed by atoms with Gasteiger partial charge in [-0.15, -0.1) is 0 Å². The molecule has 0 amide bonds. The van der Waals surface area contributed by atoms with Crippen molar-refractivity contribution in [2.45, 2.75) is 44.1 Å². The number of nitrogens with zero attached hydrogens (tertiary/aromatic N) is 2. The van der Waals surface area contributed by atoms with E-state index in [1.807, 2.05) is 12.1 Å². The molecule has 2 fully saturated rings. The first kappa shape index (κ1) is 17.6. The maximum absolute atomic E-state index is 13.4. The Balaban J connectivity index is 1.45. The third-order valence-electron chi connectivity index (χ3n) is 5.68. The average Bonchev–Trinajstić information content (AvgIpc) is 2.69. The maximum atomic E-state index is 13.4. The summed E-state index contributed by atoms with van der Waals surface area (Å²) >= 11 is 0. The Morgan fingerprint density at radius 2 is 1.92 bits per heavy atom. The number of halogens is 1. The maximum Gasteiger partial charge on any atom is 0.123 e. The van der Waals surface area contributed by atoms with Crippen LogP contribution in [0.5, 0.6) is 0 Å². The van der Waals surface area contributed by atoms with Gasteiger partial charge < -0.3 is 4.74 Å². The van der Waals surface area contributed by atoms with Gasteiger partial charge in [0.05, 0.1) is 0 Å². The molecule has 0 spiro atoms. The van der Waals surface area contributed by atoms with E-state index in [2.05, 4.69) is 17.0 Å². The number of piperidine rings is 1. The lowest BCUT2D eigenvalue weighted by atomic mass is 9.91. The first-order chi connectivity index (χ1) is 12.8. The minimum atomic E-state index is -0.182. The smallest absolute Gasteiger partial charge is 0.123 e. The van der Waals surface area contributed by atoms with Crippen LogP contribution in [0.2, 0.25) is 0 Å². The lowest BCUT2D eigenvalue weighted by molar-refractivity contribution is 0.0237. The summed E-state index contributed by atoms with van der Waals surface area (Å²) in [5.74, 6) is 0.317. The molecule has 2 aromatic rings.